The number of rotatable bonds is 6. The van der Waals surface area contributed by atoms with Gasteiger partial charge in [-0.1, -0.05) is 24.3 Å². The standard InChI is InChI=1S/C25H28N6O2/c1-16-12-20-14-21(25(32)26-22(20)13-17(16)2)23(24-27-28-29-31(24)10-11-33-3)30-9-8-18-6-4-5-7-19(18)15-30/h4-7,12-14,23H,8-11,15H2,1-3H3,(H,26,32)/t23-/m1/s1. The summed E-state index contributed by atoms with van der Waals surface area (Å²) in [5, 5.41) is 13.5. The van der Waals surface area contributed by atoms with Gasteiger partial charge in [-0.25, -0.2) is 4.68 Å². The molecule has 0 saturated heterocycles. The number of methoxy groups -OCH3 is 1. The second kappa shape index (κ2) is 8.88. The number of hydrogen-bond acceptors (Lipinski definition) is 6. The fourth-order valence-corrected chi connectivity index (χ4v) is 4.68. The van der Waals surface area contributed by atoms with Crippen molar-refractivity contribution in [3.63, 3.8) is 0 Å². The molecule has 3 heterocycles. The molecule has 0 fully saturated rings. The lowest BCUT2D eigenvalue weighted by atomic mass is 9.95. The average Bonchev–Trinajstić information content (AvgIpc) is 3.27. The monoisotopic (exact) mass is 444 g/mol. The van der Waals surface area contributed by atoms with Crippen LogP contribution in [-0.2, 0) is 24.2 Å². The van der Waals surface area contributed by atoms with E-state index in [4.69, 9.17) is 4.74 Å². The Kier molecular flexibility index (Phi) is 5.78. The second-order valence-corrected chi connectivity index (χ2v) is 8.72. The minimum Gasteiger partial charge on any atom is -0.383 e. The fraction of sp³-hybridized carbons (Fsp3) is 0.360. The highest BCUT2D eigenvalue weighted by molar-refractivity contribution is 5.81. The van der Waals surface area contributed by atoms with Gasteiger partial charge in [-0.3, -0.25) is 9.69 Å². The van der Waals surface area contributed by atoms with Crippen LogP contribution in [-0.4, -0.2) is 50.4 Å². The van der Waals surface area contributed by atoms with Crippen molar-refractivity contribution in [1.82, 2.24) is 30.1 Å². The summed E-state index contributed by atoms with van der Waals surface area (Å²) >= 11 is 0. The van der Waals surface area contributed by atoms with Crippen LogP contribution in [0.25, 0.3) is 10.9 Å². The minimum absolute atomic E-state index is 0.115. The van der Waals surface area contributed by atoms with Crippen LogP contribution in [0.3, 0.4) is 0 Å². The maximum absolute atomic E-state index is 13.4. The first-order chi connectivity index (χ1) is 16.0. The van der Waals surface area contributed by atoms with Gasteiger partial charge in [0.25, 0.3) is 5.56 Å². The molecule has 1 aliphatic heterocycles. The molecule has 0 saturated carbocycles. The molecule has 0 aliphatic carbocycles. The van der Waals surface area contributed by atoms with Crippen LogP contribution in [0.1, 0.15) is 39.7 Å². The van der Waals surface area contributed by atoms with E-state index in [1.54, 1.807) is 11.8 Å². The van der Waals surface area contributed by atoms with E-state index in [1.807, 2.05) is 12.1 Å². The van der Waals surface area contributed by atoms with Crippen LogP contribution in [0.4, 0.5) is 0 Å². The predicted octanol–water partition coefficient (Wildman–Crippen LogP) is 2.93. The lowest BCUT2D eigenvalue weighted by Gasteiger charge is -2.34. The summed E-state index contributed by atoms with van der Waals surface area (Å²) in [6.07, 6.45) is 0.913. The first-order valence-corrected chi connectivity index (χ1v) is 11.2. The van der Waals surface area contributed by atoms with Crippen molar-refractivity contribution in [2.45, 2.75) is 39.4 Å². The zero-order valence-corrected chi connectivity index (χ0v) is 19.2. The second-order valence-electron chi connectivity index (χ2n) is 8.72. The smallest absolute Gasteiger partial charge is 0.253 e. The fourth-order valence-electron chi connectivity index (χ4n) is 4.68. The largest absolute Gasteiger partial charge is 0.383 e. The predicted molar refractivity (Wildman–Crippen MR) is 126 cm³/mol. The zero-order valence-electron chi connectivity index (χ0n) is 19.2. The topological polar surface area (TPSA) is 88.9 Å². The molecule has 1 atom stereocenters. The molecule has 0 amide bonds. The zero-order chi connectivity index (χ0) is 22.9. The van der Waals surface area contributed by atoms with E-state index in [0.29, 0.717) is 24.5 Å². The van der Waals surface area contributed by atoms with Gasteiger partial charge < -0.3 is 9.72 Å². The number of nitrogens with one attached hydrogen (secondary N) is 1. The Labute approximate surface area is 192 Å². The summed E-state index contributed by atoms with van der Waals surface area (Å²) in [5.41, 5.74) is 6.34. The molecule has 0 spiro atoms. The number of tetrazole rings is 1. The maximum atomic E-state index is 13.4. The van der Waals surface area contributed by atoms with E-state index in [2.05, 4.69) is 69.6 Å². The molecule has 2 aromatic heterocycles. The van der Waals surface area contributed by atoms with E-state index in [1.165, 1.54) is 16.7 Å². The van der Waals surface area contributed by atoms with Gasteiger partial charge in [-0.2, -0.15) is 0 Å². The Morgan fingerprint density at radius 3 is 2.73 bits per heavy atom. The van der Waals surface area contributed by atoms with Crippen LogP contribution in [0, 0.1) is 13.8 Å². The van der Waals surface area contributed by atoms with E-state index < -0.39 is 0 Å². The molecule has 0 unspecified atom stereocenters. The summed E-state index contributed by atoms with van der Waals surface area (Å²) in [7, 11) is 1.65. The first-order valence-electron chi connectivity index (χ1n) is 11.2. The highest BCUT2D eigenvalue weighted by Crippen LogP contribution is 2.32. The Morgan fingerprint density at radius 1 is 1.12 bits per heavy atom. The van der Waals surface area contributed by atoms with Crippen molar-refractivity contribution in [2.24, 2.45) is 0 Å². The SMILES string of the molecule is COCCn1nnnc1[C@@H](c1cc2cc(C)c(C)cc2[nH]c1=O)N1CCc2ccccc2C1. The van der Waals surface area contributed by atoms with Crippen molar-refractivity contribution < 1.29 is 4.74 Å². The molecule has 8 nitrogen and oxygen atoms in total. The third-order valence-corrected chi connectivity index (χ3v) is 6.62. The lowest BCUT2D eigenvalue weighted by Crippen LogP contribution is -2.38. The van der Waals surface area contributed by atoms with Crippen molar-refractivity contribution in [3.8, 4) is 0 Å². The van der Waals surface area contributed by atoms with Crippen molar-refractivity contribution in [3.05, 3.63) is 86.5 Å². The number of aromatic amines is 1. The molecular weight excluding hydrogens is 416 g/mol. The number of hydrogen-bond donors (Lipinski definition) is 1. The van der Waals surface area contributed by atoms with Crippen LogP contribution < -0.4 is 5.56 Å². The summed E-state index contributed by atoms with van der Waals surface area (Å²) in [6, 6.07) is 14.3. The summed E-state index contributed by atoms with van der Waals surface area (Å²) in [5.74, 6) is 0.653. The first kappa shape index (κ1) is 21.5. The number of H-pyrrole nitrogens is 1. The van der Waals surface area contributed by atoms with Crippen molar-refractivity contribution >= 4 is 10.9 Å². The summed E-state index contributed by atoms with van der Waals surface area (Å²) in [4.78, 5) is 18.8. The van der Waals surface area contributed by atoms with Crippen LogP contribution in [0.2, 0.25) is 0 Å². The number of nitrogens with zero attached hydrogens (tertiary/aromatic N) is 5. The van der Waals surface area contributed by atoms with Crippen LogP contribution in [0.5, 0.6) is 0 Å². The van der Waals surface area contributed by atoms with Gasteiger partial charge >= 0.3 is 0 Å². The van der Waals surface area contributed by atoms with Gasteiger partial charge in [0.1, 0.15) is 6.04 Å². The van der Waals surface area contributed by atoms with Crippen molar-refractivity contribution in [1.29, 1.82) is 0 Å². The number of benzene rings is 2. The number of aryl methyl sites for hydroxylation is 2. The number of aromatic nitrogens is 5. The Balaban J connectivity index is 1.65. The summed E-state index contributed by atoms with van der Waals surface area (Å²) < 4.78 is 7.00. The molecular formula is C25H28N6O2. The Hall–Kier alpha value is -3.36. The molecule has 8 heteroatoms. The quantitative estimate of drug-likeness (QED) is 0.492. The van der Waals surface area contributed by atoms with Crippen LogP contribution in [0.15, 0.2) is 47.3 Å². The molecule has 4 aromatic rings. The minimum atomic E-state index is -0.375. The highest BCUT2D eigenvalue weighted by Gasteiger charge is 2.32. The summed E-state index contributed by atoms with van der Waals surface area (Å²) in [6.45, 7) is 6.68. The molecule has 0 radical (unpaired) electrons. The normalized spacial score (nSPS) is 15.0. The molecule has 33 heavy (non-hydrogen) atoms. The Morgan fingerprint density at radius 2 is 1.91 bits per heavy atom. The van der Waals surface area contributed by atoms with Gasteiger partial charge in [-0.15, -0.1) is 5.10 Å². The third kappa shape index (κ3) is 4.07. The van der Waals surface area contributed by atoms with Gasteiger partial charge in [-0.05, 0) is 76.5 Å². The number of ether oxygens (including phenoxy) is 1. The van der Waals surface area contributed by atoms with Gasteiger partial charge in [0, 0.05) is 31.3 Å². The van der Waals surface area contributed by atoms with E-state index in [-0.39, 0.29) is 11.6 Å². The van der Waals surface area contributed by atoms with E-state index in [9.17, 15) is 4.79 Å². The number of pyridine rings is 1. The lowest BCUT2D eigenvalue weighted by molar-refractivity contribution is 0.169. The van der Waals surface area contributed by atoms with Gasteiger partial charge in [0.05, 0.1) is 13.2 Å². The van der Waals surface area contributed by atoms with E-state index >= 15 is 0 Å². The third-order valence-electron chi connectivity index (χ3n) is 6.62. The highest BCUT2D eigenvalue weighted by atomic mass is 16.5. The van der Waals surface area contributed by atoms with Gasteiger partial charge in [0.15, 0.2) is 5.82 Å². The molecule has 1 aliphatic rings. The maximum Gasteiger partial charge on any atom is 0.253 e. The molecule has 0 bridgehead atoms. The Bertz CT molecular complexity index is 1360. The number of fused-ring (bicyclic) bond motifs is 2. The van der Waals surface area contributed by atoms with Crippen LogP contribution >= 0.6 is 0 Å². The van der Waals surface area contributed by atoms with Crippen molar-refractivity contribution in [2.75, 3.05) is 20.3 Å². The van der Waals surface area contributed by atoms with E-state index in [0.717, 1.165) is 36.0 Å². The molecule has 2 aromatic carbocycles. The molecule has 5 rings (SSSR count). The molecule has 1 N–H and O–H groups in total. The van der Waals surface area contributed by atoms with Gasteiger partial charge in [0.2, 0.25) is 0 Å². The molecule has 170 valence electrons. The average molecular weight is 445 g/mol.